The van der Waals surface area contributed by atoms with E-state index in [4.69, 9.17) is 5.21 Å². The fourth-order valence-electron chi connectivity index (χ4n) is 0. The van der Waals surface area contributed by atoms with Crippen LogP contribution < -0.4 is 23.6 Å². The molecule has 0 saturated carbocycles. The summed E-state index contributed by atoms with van der Waals surface area (Å²) in [6.45, 7) is 0. The van der Waals surface area contributed by atoms with E-state index < -0.39 is 6.03 Å². The van der Waals surface area contributed by atoms with E-state index in [1.165, 1.54) is 5.48 Å². The number of carbonyl (C=O) groups is 1. The van der Waals surface area contributed by atoms with Crippen LogP contribution in [0.1, 0.15) is 1.43 Å². The third-order valence-corrected chi connectivity index (χ3v) is 0.110. The average molecular weight is 149 g/mol. The van der Waals surface area contributed by atoms with E-state index in [1.54, 1.807) is 0 Å². The van der Waals surface area contributed by atoms with Crippen molar-refractivity contribution in [1.82, 2.24) is 5.48 Å². The van der Waals surface area contributed by atoms with E-state index in [0.29, 0.717) is 0 Å². The van der Waals surface area contributed by atoms with Crippen LogP contribution in [0.2, 0.25) is 0 Å². The largest absolute Gasteiger partial charge is 1.00 e. The first-order chi connectivity index (χ1) is 2.27. The van der Waals surface area contributed by atoms with Gasteiger partial charge in [0.2, 0.25) is 0 Å². The number of nitrogens with two attached hydrogens (primary N) is 1. The summed E-state index contributed by atoms with van der Waals surface area (Å²) in [6, 6.07) is -0.940. The van der Waals surface area contributed by atoms with Crippen molar-refractivity contribution in [1.29, 1.82) is 0 Å². The Hall–Kier alpha value is -0.190. The maximum absolute atomic E-state index is 9.23. The maximum atomic E-state index is 9.23. The number of hydrogen-bond acceptors (Lipinski definition) is 2. The Morgan fingerprint density at radius 2 is 2.00 bits per heavy atom. The van der Waals surface area contributed by atoms with E-state index >= 15 is 0 Å². The van der Waals surface area contributed by atoms with Gasteiger partial charge in [-0.1, -0.05) is 0 Å². The van der Waals surface area contributed by atoms with E-state index in [9.17, 15) is 4.79 Å². The zero-order chi connectivity index (χ0) is 4.28. The lowest BCUT2D eigenvalue weighted by molar-refractivity contribution is -0.00000491. The normalized spacial score (nSPS) is 4.71. The van der Waals surface area contributed by atoms with Crippen LogP contribution in [-0.2, 0) is 0 Å². The predicted molar refractivity (Wildman–Crippen MR) is 22.9 cm³/mol. The number of carbonyl (C=O) groups excluding carboxylic acids is 1. The van der Waals surface area contributed by atoms with E-state index in [1.807, 2.05) is 0 Å². The van der Waals surface area contributed by atoms with Gasteiger partial charge in [0.1, 0.15) is 0 Å². The molecule has 0 unspecified atom stereocenters. The van der Waals surface area contributed by atoms with Crippen LogP contribution in [0.5, 0.6) is 0 Å². The molecule has 7 heavy (non-hydrogen) atoms. The molecule has 6 heteroatoms. The molecule has 0 saturated heterocycles. The van der Waals surface area contributed by atoms with Crippen LogP contribution in [0, 0.1) is 0 Å². The Morgan fingerprint density at radius 3 is 2.00 bits per heavy atom. The molecule has 0 aliphatic rings. The molecule has 0 aromatic rings. The highest BCUT2D eigenvalue weighted by Gasteiger charge is 1.75. The Kier molecular flexibility index (Phi) is 20.9. The van der Waals surface area contributed by atoms with Crippen LogP contribution in [0.3, 0.4) is 0 Å². The van der Waals surface area contributed by atoms with E-state index in [0.717, 1.165) is 0 Å². The van der Waals surface area contributed by atoms with Crippen molar-refractivity contribution in [2.24, 2.45) is 5.73 Å². The number of amides is 2. The summed E-state index contributed by atoms with van der Waals surface area (Å²) in [6.07, 6.45) is 0. The number of urea groups is 1. The Bertz CT molecular complexity index is 53.3. The van der Waals surface area contributed by atoms with Gasteiger partial charge in [-0.3, -0.25) is 5.21 Å². The molecule has 0 bridgehead atoms. The lowest BCUT2D eigenvalue weighted by atomic mass is 11.2. The minimum Gasteiger partial charge on any atom is -1.00 e. The second kappa shape index (κ2) is 9.26. The van der Waals surface area contributed by atoms with Gasteiger partial charge in [0.25, 0.3) is 0 Å². The van der Waals surface area contributed by atoms with Crippen molar-refractivity contribution in [3.63, 3.8) is 0 Å². The van der Waals surface area contributed by atoms with Gasteiger partial charge in [0, 0.05) is 0 Å². The molecule has 0 heterocycles. The molecule has 0 aliphatic heterocycles. The zero-order valence-corrected chi connectivity index (χ0v) is 4.79. The van der Waals surface area contributed by atoms with Gasteiger partial charge in [0.05, 0.1) is 0 Å². The fourth-order valence-corrected chi connectivity index (χ4v) is 0. The molecule has 4 N–H and O–H groups in total. The summed E-state index contributed by atoms with van der Waals surface area (Å²) in [5.41, 5.74) is 5.46. The molecule has 0 fully saturated rings. The minimum atomic E-state index is -0.940. The van der Waals surface area contributed by atoms with Crippen molar-refractivity contribution in [3.8, 4) is 0 Å². The molecule has 2 amide bonds. The second-order valence-electron chi connectivity index (χ2n) is 0.476. The molecule has 0 atom stereocenters. The summed E-state index contributed by atoms with van der Waals surface area (Å²) >= 11 is 0. The summed E-state index contributed by atoms with van der Waals surface area (Å²) in [7, 11) is 0. The molecule has 0 spiro atoms. The van der Waals surface area contributed by atoms with Crippen LogP contribution in [0.25, 0.3) is 0 Å². The van der Waals surface area contributed by atoms with Crippen LogP contribution in [0.15, 0.2) is 0 Å². The van der Waals surface area contributed by atoms with Crippen molar-refractivity contribution >= 4 is 18.4 Å². The van der Waals surface area contributed by atoms with Crippen molar-refractivity contribution < 1.29 is 23.8 Å². The molecule has 0 aliphatic carbocycles. The molecular weight excluding hydrogens is 143 g/mol. The van der Waals surface area contributed by atoms with Crippen molar-refractivity contribution in [2.75, 3.05) is 0 Å². The van der Waals surface area contributed by atoms with Crippen LogP contribution in [-0.4, -0.2) is 11.2 Å². The lowest BCUT2D eigenvalue weighted by Crippen LogP contribution is -3.00. The average Bonchev–Trinajstić information content (AvgIpc) is 1.38. The maximum Gasteiger partial charge on any atom is 1.00 e. The highest BCUT2D eigenvalue weighted by atomic mass is 35.5. The number of rotatable bonds is 0. The predicted octanol–water partition coefficient (Wildman–Crippen LogP) is -3.42. The molecule has 0 aromatic carbocycles. The van der Waals surface area contributed by atoms with Gasteiger partial charge in [-0.25, -0.2) is 10.3 Å². The fraction of sp³-hybridized carbons (Fsp3) is 0. The third kappa shape index (κ3) is 25.7. The van der Waals surface area contributed by atoms with E-state index in [-0.39, 0.29) is 26.2 Å². The van der Waals surface area contributed by atoms with Gasteiger partial charge in [-0.15, -0.1) is 12.4 Å². The first kappa shape index (κ1) is 15.8. The summed E-state index contributed by atoms with van der Waals surface area (Å²) in [5.74, 6) is 0. The summed E-state index contributed by atoms with van der Waals surface area (Å²) in [4.78, 5) is 9.23. The molecule has 0 radical (unpaired) electrons. The quantitative estimate of drug-likeness (QED) is 0.248. The number of hydrogen-bond donors (Lipinski definition) is 3. The van der Waals surface area contributed by atoms with Gasteiger partial charge in [-0.2, -0.15) is 0 Å². The van der Waals surface area contributed by atoms with Gasteiger partial charge in [-0.05, 0) is 0 Å². The SMILES string of the molecule is Cl.NC(=O)NO.[Cl-].[H+]. The van der Waals surface area contributed by atoms with Crippen LogP contribution >= 0.6 is 12.4 Å². The Morgan fingerprint density at radius 1 is 1.86 bits per heavy atom. The standard InChI is InChI=1S/CH4N2O2.2ClH/c2-1(4)3-5;;/h5H,(H3,2,3,4);2*1H. The number of nitrogens with one attached hydrogen (secondary N) is 1. The number of halogens is 2. The van der Waals surface area contributed by atoms with Crippen molar-refractivity contribution in [2.45, 2.75) is 0 Å². The van der Waals surface area contributed by atoms with E-state index in [2.05, 4.69) is 5.73 Å². The highest BCUT2D eigenvalue weighted by Crippen LogP contribution is 1.38. The minimum absolute atomic E-state index is 0. The highest BCUT2D eigenvalue weighted by molar-refractivity contribution is 5.85. The monoisotopic (exact) mass is 148 g/mol. The number of primary amides is 1. The van der Waals surface area contributed by atoms with Gasteiger partial charge < -0.3 is 18.1 Å². The Balaban J connectivity index is -0.0000000267. The Labute approximate surface area is 54.3 Å². The van der Waals surface area contributed by atoms with Gasteiger partial charge in [0.15, 0.2) is 0 Å². The summed E-state index contributed by atoms with van der Waals surface area (Å²) < 4.78 is 0. The molecular formula is CH6Cl2N2O2. The summed E-state index contributed by atoms with van der Waals surface area (Å²) in [5, 5.41) is 7.42. The topological polar surface area (TPSA) is 75.4 Å². The molecule has 0 aromatic heterocycles. The van der Waals surface area contributed by atoms with Crippen molar-refractivity contribution in [3.05, 3.63) is 0 Å². The van der Waals surface area contributed by atoms with Crippen LogP contribution in [0.4, 0.5) is 4.79 Å². The second-order valence-corrected chi connectivity index (χ2v) is 0.476. The first-order valence-electron chi connectivity index (χ1n) is 0.966. The van der Waals surface area contributed by atoms with Gasteiger partial charge >= 0.3 is 7.46 Å². The third-order valence-electron chi connectivity index (χ3n) is 0.110. The lowest BCUT2D eigenvalue weighted by Gasteiger charge is -1.79. The zero-order valence-electron chi connectivity index (χ0n) is 4.22. The molecule has 0 rings (SSSR count). The molecule has 4 nitrogen and oxygen atoms in total. The number of hydroxylamine groups is 1. The smallest absolute Gasteiger partial charge is 1.00 e. The first-order valence-corrected chi connectivity index (χ1v) is 0.966. The molecule has 46 valence electrons.